The molecule has 1 saturated carbocycles. The van der Waals surface area contributed by atoms with Crippen LogP contribution in [-0.4, -0.2) is 18.6 Å². The van der Waals surface area contributed by atoms with Crippen LogP contribution in [0.15, 0.2) is 0 Å². The number of hydrogen-bond acceptors (Lipinski definition) is 1. The minimum atomic E-state index is 0.411. The minimum absolute atomic E-state index is 0.411. The third-order valence-corrected chi connectivity index (χ3v) is 2.82. The summed E-state index contributed by atoms with van der Waals surface area (Å²) in [6.07, 6.45) is 6.08. The maximum atomic E-state index is 6.07. The van der Waals surface area contributed by atoms with Crippen LogP contribution < -0.4 is 0 Å². The summed E-state index contributed by atoms with van der Waals surface area (Å²) in [6, 6.07) is 0. The van der Waals surface area contributed by atoms with E-state index in [2.05, 4.69) is 6.92 Å². The molecule has 0 bridgehead atoms. The van der Waals surface area contributed by atoms with Crippen LogP contribution in [0.4, 0.5) is 0 Å². The van der Waals surface area contributed by atoms with Crippen LogP contribution in [0.5, 0.6) is 0 Å². The lowest BCUT2D eigenvalue weighted by Crippen LogP contribution is -2.20. The van der Waals surface area contributed by atoms with Crippen molar-refractivity contribution in [1.29, 1.82) is 0 Å². The van der Waals surface area contributed by atoms with E-state index in [9.17, 15) is 0 Å². The predicted molar refractivity (Wildman–Crippen MR) is 52.7 cm³/mol. The van der Waals surface area contributed by atoms with E-state index in [0.29, 0.717) is 5.38 Å². The Morgan fingerprint density at radius 2 is 2.25 bits per heavy atom. The van der Waals surface area contributed by atoms with E-state index in [1.165, 1.54) is 19.3 Å². The zero-order valence-corrected chi connectivity index (χ0v) is 8.65. The van der Waals surface area contributed by atoms with E-state index in [4.69, 9.17) is 16.3 Å². The molecule has 0 saturated heterocycles. The lowest BCUT2D eigenvalue weighted by atomic mass is 9.89. The minimum Gasteiger partial charge on any atom is -0.381 e. The average molecular weight is 191 g/mol. The van der Waals surface area contributed by atoms with Crippen LogP contribution in [0.1, 0.15) is 39.0 Å². The van der Waals surface area contributed by atoms with Gasteiger partial charge in [-0.15, -0.1) is 11.6 Å². The van der Waals surface area contributed by atoms with E-state index < -0.39 is 0 Å². The van der Waals surface area contributed by atoms with Gasteiger partial charge in [-0.1, -0.05) is 13.3 Å². The Morgan fingerprint density at radius 1 is 1.42 bits per heavy atom. The van der Waals surface area contributed by atoms with Crippen molar-refractivity contribution in [2.75, 3.05) is 13.2 Å². The number of hydrogen-bond donors (Lipinski definition) is 0. The number of ether oxygens (including phenoxy) is 1. The fraction of sp³-hybridized carbons (Fsp3) is 1.00. The fourth-order valence-electron chi connectivity index (χ4n) is 1.77. The molecule has 1 aliphatic carbocycles. The summed E-state index contributed by atoms with van der Waals surface area (Å²) in [5.41, 5.74) is 0. The standard InChI is InChI=1S/C10H19ClO/c1-2-6-12-8-9-4-3-5-10(11)7-9/h9-10H,2-8H2,1H3. The van der Waals surface area contributed by atoms with Crippen LogP contribution >= 0.6 is 11.6 Å². The largest absolute Gasteiger partial charge is 0.381 e. The van der Waals surface area contributed by atoms with Crippen LogP contribution in [0.2, 0.25) is 0 Å². The zero-order chi connectivity index (χ0) is 8.81. The third-order valence-electron chi connectivity index (χ3n) is 2.42. The van der Waals surface area contributed by atoms with E-state index >= 15 is 0 Å². The number of rotatable bonds is 4. The van der Waals surface area contributed by atoms with Gasteiger partial charge in [0.25, 0.3) is 0 Å². The highest BCUT2D eigenvalue weighted by Gasteiger charge is 2.19. The summed E-state index contributed by atoms with van der Waals surface area (Å²) in [6.45, 7) is 3.98. The van der Waals surface area contributed by atoms with Crippen molar-refractivity contribution in [3.63, 3.8) is 0 Å². The first kappa shape index (κ1) is 10.3. The smallest absolute Gasteiger partial charge is 0.0494 e. The molecule has 1 aliphatic rings. The molecule has 0 aliphatic heterocycles. The molecule has 0 N–H and O–H groups in total. The topological polar surface area (TPSA) is 9.23 Å². The molecule has 0 aromatic rings. The van der Waals surface area contributed by atoms with Gasteiger partial charge in [0.15, 0.2) is 0 Å². The van der Waals surface area contributed by atoms with Crippen molar-refractivity contribution < 1.29 is 4.74 Å². The highest BCUT2D eigenvalue weighted by molar-refractivity contribution is 6.20. The van der Waals surface area contributed by atoms with Crippen LogP contribution in [-0.2, 0) is 4.74 Å². The number of halogens is 1. The SMILES string of the molecule is CCCOCC1CCCC(Cl)C1. The van der Waals surface area contributed by atoms with Gasteiger partial charge in [0, 0.05) is 18.6 Å². The van der Waals surface area contributed by atoms with Gasteiger partial charge >= 0.3 is 0 Å². The van der Waals surface area contributed by atoms with E-state index in [-0.39, 0.29) is 0 Å². The summed E-state index contributed by atoms with van der Waals surface area (Å²) in [4.78, 5) is 0. The van der Waals surface area contributed by atoms with Crippen molar-refractivity contribution in [1.82, 2.24) is 0 Å². The molecule has 1 rings (SSSR count). The van der Waals surface area contributed by atoms with Gasteiger partial charge in [-0.3, -0.25) is 0 Å². The molecule has 12 heavy (non-hydrogen) atoms. The highest BCUT2D eigenvalue weighted by Crippen LogP contribution is 2.27. The summed E-state index contributed by atoms with van der Waals surface area (Å²) >= 11 is 6.07. The van der Waals surface area contributed by atoms with E-state index in [1.54, 1.807) is 0 Å². The first-order chi connectivity index (χ1) is 5.83. The third kappa shape index (κ3) is 3.77. The maximum absolute atomic E-state index is 6.07. The summed E-state index contributed by atoms with van der Waals surface area (Å²) < 4.78 is 5.51. The second kappa shape index (κ2) is 5.82. The first-order valence-corrected chi connectivity index (χ1v) is 5.48. The van der Waals surface area contributed by atoms with Crippen LogP contribution in [0, 0.1) is 5.92 Å². The lowest BCUT2D eigenvalue weighted by molar-refractivity contribution is 0.0864. The molecule has 2 unspecified atom stereocenters. The quantitative estimate of drug-likeness (QED) is 0.489. The van der Waals surface area contributed by atoms with E-state index in [1.807, 2.05) is 0 Å². The highest BCUT2D eigenvalue weighted by atomic mass is 35.5. The molecule has 2 heteroatoms. The van der Waals surface area contributed by atoms with Crippen molar-refractivity contribution in [3.05, 3.63) is 0 Å². The molecular formula is C10H19ClO. The van der Waals surface area contributed by atoms with Crippen molar-refractivity contribution in [3.8, 4) is 0 Å². The summed E-state index contributed by atoms with van der Waals surface area (Å²) in [7, 11) is 0. The molecular weight excluding hydrogens is 172 g/mol. The zero-order valence-electron chi connectivity index (χ0n) is 7.89. The molecule has 0 aromatic heterocycles. The Labute approximate surface area is 80.4 Å². The molecule has 1 nitrogen and oxygen atoms in total. The molecule has 0 aromatic carbocycles. The molecule has 0 amide bonds. The van der Waals surface area contributed by atoms with Gasteiger partial charge in [-0.05, 0) is 31.6 Å². The monoisotopic (exact) mass is 190 g/mol. The maximum Gasteiger partial charge on any atom is 0.0494 e. The second-order valence-corrected chi connectivity index (χ2v) is 4.32. The van der Waals surface area contributed by atoms with Gasteiger partial charge in [0.1, 0.15) is 0 Å². The normalized spacial score (nSPS) is 30.5. The van der Waals surface area contributed by atoms with Crippen LogP contribution in [0.3, 0.4) is 0 Å². The molecule has 1 fully saturated rings. The molecule has 0 radical (unpaired) electrons. The summed E-state index contributed by atoms with van der Waals surface area (Å²) in [5.74, 6) is 0.729. The van der Waals surface area contributed by atoms with E-state index in [0.717, 1.165) is 32.0 Å². The Bertz CT molecular complexity index is 116. The van der Waals surface area contributed by atoms with Crippen molar-refractivity contribution in [2.24, 2.45) is 5.92 Å². The van der Waals surface area contributed by atoms with Gasteiger partial charge in [0.05, 0.1) is 0 Å². The lowest BCUT2D eigenvalue weighted by Gasteiger charge is -2.24. The first-order valence-electron chi connectivity index (χ1n) is 5.04. The molecule has 0 spiro atoms. The number of alkyl halides is 1. The molecule has 72 valence electrons. The van der Waals surface area contributed by atoms with Crippen molar-refractivity contribution >= 4 is 11.6 Å². The predicted octanol–water partition coefficient (Wildman–Crippen LogP) is 3.21. The average Bonchev–Trinajstić information content (AvgIpc) is 2.05. The Morgan fingerprint density at radius 3 is 2.92 bits per heavy atom. The Kier molecular flexibility index (Phi) is 5.01. The Hall–Kier alpha value is 0.250. The molecule has 2 atom stereocenters. The Balaban J connectivity index is 2.06. The fourth-order valence-corrected chi connectivity index (χ4v) is 2.18. The summed E-state index contributed by atoms with van der Waals surface area (Å²) in [5, 5.41) is 0.411. The van der Waals surface area contributed by atoms with Gasteiger partial charge in [0.2, 0.25) is 0 Å². The molecule has 0 heterocycles. The van der Waals surface area contributed by atoms with Crippen LogP contribution in [0.25, 0.3) is 0 Å². The second-order valence-electron chi connectivity index (χ2n) is 3.70. The van der Waals surface area contributed by atoms with Gasteiger partial charge in [-0.2, -0.15) is 0 Å². The van der Waals surface area contributed by atoms with Gasteiger partial charge in [-0.25, -0.2) is 0 Å². The van der Waals surface area contributed by atoms with Crippen molar-refractivity contribution in [2.45, 2.75) is 44.4 Å². The van der Waals surface area contributed by atoms with Gasteiger partial charge < -0.3 is 4.74 Å².